The fourth-order valence-corrected chi connectivity index (χ4v) is 1.90. The Morgan fingerprint density at radius 2 is 2.22 bits per heavy atom. The molecule has 1 N–H and O–H groups in total. The summed E-state index contributed by atoms with van der Waals surface area (Å²) in [6.45, 7) is 2.38. The number of nitro benzene ring substituents is 1. The van der Waals surface area contributed by atoms with Gasteiger partial charge >= 0.3 is 0 Å². The summed E-state index contributed by atoms with van der Waals surface area (Å²) in [6, 6.07) is 4.80. The minimum absolute atomic E-state index is 0.0861. The fourth-order valence-electron chi connectivity index (χ4n) is 1.74. The lowest BCUT2D eigenvalue weighted by Gasteiger charge is -2.16. The fraction of sp³-hybridized carbons (Fsp3) is 0.500. The van der Waals surface area contributed by atoms with Crippen LogP contribution in [0.1, 0.15) is 12.0 Å². The number of hydrogen-bond acceptors (Lipinski definition) is 4. The third-order valence-electron chi connectivity index (χ3n) is 2.65. The predicted octanol–water partition coefficient (Wildman–Crippen LogP) is 2.29. The predicted molar refractivity (Wildman–Crippen MR) is 73.0 cm³/mol. The Kier molecular flexibility index (Phi) is 6.04. The Morgan fingerprint density at radius 3 is 2.83 bits per heavy atom. The van der Waals surface area contributed by atoms with Crippen LogP contribution in [0.4, 0.5) is 5.69 Å². The molecule has 100 valence electrons. The van der Waals surface area contributed by atoms with E-state index < -0.39 is 0 Å². The van der Waals surface area contributed by atoms with E-state index in [0.29, 0.717) is 17.1 Å². The maximum absolute atomic E-state index is 10.9. The summed E-state index contributed by atoms with van der Waals surface area (Å²) >= 11 is 5.77. The van der Waals surface area contributed by atoms with Crippen molar-refractivity contribution in [2.45, 2.75) is 13.0 Å². The topological polar surface area (TPSA) is 58.4 Å². The zero-order valence-electron chi connectivity index (χ0n) is 10.6. The number of halogens is 1. The van der Waals surface area contributed by atoms with Crippen LogP contribution in [0.3, 0.4) is 0 Å². The van der Waals surface area contributed by atoms with Gasteiger partial charge in [-0.3, -0.25) is 10.1 Å². The molecular weight excluding hydrogens is 254 g/mol. The number of hydrogen-bond donors (Lipinski definition) is 1. The third kappa shape index (κ3) is 4.60. The van der Waals surface area contributed by atoms with E-state index in [0.717, 1.165) is 19.5 Å². The van der Waals surface area contributed by atoms with E-state index >= 15 is 0 Å². The maximum Gasteiger partial charge on any atom is 0.275 e. The van der Waals surface area contributed by atoms with Crippen LogP contribution in [0.15, 0.2) is 18.2 Å². The summed E-state index contributed by atoms with van der Waals surface area (Å²) in [5.41, 5.74) is 0.777. The quantitative estimate of drug-likeness (QED) is 0.470. The van der Waals surface area contributed by atoms with Crippen molar-refractivity contribution in [2.24, 2.45) is 0 Å². The van der Waals surface area contributed by atoms with E-state index in [1.807, 2.05) is 14.1 Å². The van der Waals surface area contributed by atoms with Gasteiger partial charge in [-0.05, 0) is 45.7 Å². The second-order valence-electron chi connectivity index (χ2n) is 4.23. The molecule has 0 saturated heterocycles. The first-order chi connectivity index (χ1) is 8.54. The van der Waals surface area contributed by atoms with Gasteiger partial charge in [0.1, 0.15) is 0 Å². The number of nitrogens with zero attached hydrogens (tertiary/aromatic N) is 2. The van der Waals surface area contributed by atoms with Crippen LogP contribution in [0, 0.1) is 10.1 Å². The van der Waals surface area contributed by atoms with Gasteiger partial charge in [0.15, 0.2) is 0 Å². The molecule has 0 heterocycles. The summed E-state index contributed by atoms with van der Waals surface area (Å²) in [7, 11) is 3.86. The Hall–Kier alpha value is -1.17. The minimum Gasteiger partial charge on any atom is -0.320 e. The van der Waals surface area contributed by atoms with Crippen molar-refractivity contribution in [3.8, 4) is 0 Å². The van der Waals surface area contributed by atoms with E-state index in [1.54, 1.807) is 12.1 Å². The van der Waals surface area contributed by atoms with E-state index in [4.69, 9.17) is 11.6 Å². The smallest absolute Gasteiger partial charge is 0.275 e. The normalized spacial score (nSPS) is 10.9. The lowest BCUT2D eigenvalue weighted by molar-refractivity contribution is -0.385. The number of nitro groups is 1. The molecule has 0 bridgehead atoms. The number of nitrogens with one attached hydrogen (secondary N) is 1. The first-order valence-corrected chi connectivity index (χ1v) is 6.18. The minimum atomic E-state index is -0.386. The van der Waals surface area contributed by atoms with Crippen LogP contribution in [0.5, 0.6) is 0 Å². The van der Waals surface area contributed by atoms with Gasteiger partial charge in [0.2, 0.25) is 0 Å². The molecule has 0 spiro atoms. The van der Waals surface area contributed by atoms with E-state index in [2.05, 4.69) is 10.2 Å². The van der Waals surface area contributed by atoms with Crippen LogP contribution in [-0.4, -0.2) is 37.0 Å². The van der Waals surface area contributed by atoms with Crippen molar-refractivity contribution in [1.82, 2.24) is 10.2 Å². The lowest BCUT2D eigenvalue weighted by Crippen LogP contribution is -2.22. The molecule has 1 rings (SSSR count). The molecule has 0 unspecified atom stereocenters. The number of benzene rings is 1. The molecule has 1 aromatic rings. The molecule has 0 aliphatic heterocycles. The average Bonchev–Trinajstić information content (AvgIpc) is 2.31. The van der Waals surface area contributed by atoms with Crippen LogP contribution in [0.25, 0.3) is 0 Å². The molecule has 0 radical (unpaired) electrons. The first-order valence-electron chi connectivity index (χ1n) is 5.80. The first kappa shape index (κ1) is 14.9. The highest BCUT2D eigenvalue weighted by Crippen LogP contribution is 2.24. The zero-order valence-corrected chi connectivity index (χ0v) is 11.4. The van der Waals surface area contributed by atoms with Gasteiger partial charge in [0.25, 0.3) is 5.69 Å². The lowest BCUT2D eigenvalue weighted by atomic mass is 10.1. The highest BCUT2D eigenvalue weighted by molar-refractivity contribution is 6.30. The molecule has 0 fully saturated rings. The third-order valence-corrected chi connectivity index (χ3v) is 2.89. The highest BCUT2D eigenvalue weighted by atomic mass is 35.5. The second-order valence-corrected chi connectivity index (χ2v) is 4.66. The van der Waals surface area contributed by atoms with Gasteiger partial charge < -0.3 is 10.2 Å². The Bertz CT molecular complexity index is 412. The summed E-state index contributed by atoms with van der Waals surface area (Å²) in [5.74, 6) is 0. The van der Waals surface area contributed by atoms with Crippen LogP contribution < -0.4 is 5.32 Å². The molecule has 0 aliphatic carbocycles. The molecule has 0 amide bonds. The summed E-state index contributed by atoms with van der Waals surface area (Å²) < 4.78 is 0. The van der Waals surface area contributed by atoms with Gasteiger partial charge in [-0.15, -0.1) is 0 Å². The van der Waals surface area contributed by atoms with Crippen molar-refractivity contribution >= 4 is 17.3 Å². The molecule has 0 atom stereocenters. The Labute approximate surface area is 112 Å². The molecule has 0 aromatic heterocycles. The van der Waals surface area contributed by atoms with Crippen molar-refractivity contribution in [2.75, 3.05) is 27.2 Å². The van der Waals surface area contributed by atoms with E-state index in [1.165, 1.54) is 6.07 Å². The van der Waals surface area contributed by atoms with Crippen LogP contribution >= 0.6 is 11.6 Å². The van der Waals surface area contributed by atoms with Crippen LogP contribution in [0.2, 0.25) is 5.02 Å². The molecule has 18 heavy (non-hydrogen) atoms. The molecule has 0 saturated carbocycles. The van der Waals surface area contributed by atoms with E-state index in [-0.39, 0.29) is 10.6 Å². The van der Waals surface area contributed by atoms with Crippen molar-refractivity contribution < 1.29 is 4.92 Å². The van der Waals surface area contributed by atoms with Crippen molar-refractivity contribution in [1.29, 1.82) is 0 Å². The average molecular weight is 272 g/mol. The van der Waals surface area contributed by atoms with Gasteiger partial charge in [-0.2, -0.15) is 0 Å². The molecule has 6 heteroatoms. The van der Waals surface area contributed by atoms with E-state index in [9.17, 15) is 10.1 Å². The molecular formula is C12H18ClN3O2. The maximum atomic E-state index is 10.9. The SMILES string of the molecule is CNCCCN(C)Cc1ccc(Cl)cc1[N+](=O)[O-]. The van der Waals surface area contributed by atoms with Gasteiger partial charge in [0.05, 0.1) is 4.92 Å². The molecule has 5 nitrogen and oxygen atoms in total. The summed E-state index contributed by atoms with van der Waals surface area (Å²) in [6.07, 6.45) is 1.01. The van der Waals surface area contributed by atoms with Crippen molar-refractivity contribution in [3.63, 3.8) is 0 Å². The second kappa shape index (κ2) is 7.31. The standard InChI is InChI=1S/C12H18ClN3O2/c1-14-6-3-7-15(2)9-10-4-5-11(13)8-12(10)16(17)18/h4-5,8,14H,3,6-7,9H2,1-2H3. The summed E-state index contributed by atoms with van der Waals surface area (Å²) in [5, 5.41) is 14.4. The van der Waals surface area contributed by atoms with Gasteiger partial charge in [-0.25, -0.2) is 0 Å². The van der Waals surface area contributed by atoms with Crippen molar-refractivity contribution in [3.05, 3.63) is 38.9 Å². The van der Waals surface area contributed by atoms with Crippen LogP contribution in [-0.2, 0) is 6.54 Å². The molecule has 1 aromatic carbocycles. The Balaban J connectivity index is 2.68. The molecule has 0 aliphatic rings. The zero-order chi connectivity index (χ0) is 13.5. The van der Waals surface area contributed by atoms with Gasteiger partial charge in [0, 0.05) is 23.2 Å². The Morgan fingerprint density at radius 1 is 1.50 bits per heavy atom. The van der Waals surface area contributed by atoms with Gasteiger partial charge in [-0.1, -0.05) is 11.6 Å². The number of rotatable bonds is 7. The highest BCUT2D eigenvalue weighted by Gasteiger charge is 2.15. The largest absolute Gasteiger partial charge is 0.320 e. The summed E-state index contributed by atoms with van der Waals surface area (Å²) in [4.78, 5) is 12.6. The monoisotopic (exact) mass is 271 g/mol.